The molecule has 1 aliphatic heterocycles. The number of carbonyl (C=O) groups is 1. The van der Waals surface area contributed by atoms with E-state index < -0.39 is 0 Å². The van der Waals surface area contributed by atoms with Gasteiger partial charge in [0.1, 0.15) is 11.5 Å². The number of hydrogen-bond acceptors (Lipinski definition) is 4. The van der Waals surface area contributed by atoms with Crippen molar-refractivity contribution in [3.8, 4) is 11.5 Å². The summed E-state index contributed by atoms with van der Waals surface area (Å²) in [6.45, 7) is 3.94. The molecule has 144 valence electrons. The Balaban J connectivity index is 1.55. The second-order valence-electron chi connectivity index (χ2n) is 6.48. The second-order valence-corrected chi connectivity index (χ2v) is 6.91. The minimum absolute atomic E-state index is 0.0451. The summed E-state index contributed by atoms with van der Waals surface area (Å²) < 4.78 is 10.7. The number of quaternary nitrogens is 1. The van der Waals surface area contributed by atoms with Crippen molar-refractivity contribution in [3.63, 3.8) is 0 Å². The molecule has 6 nitrogen and oxygen atoms in total. The molecule has 2 aromatic carbocycles. The zero-order chi connectivity index (χ0) is 19.2. The van der Waals surface area contributed by atoms with Crippen molar-refractivity contribution in [2.24, 2.45) is 0 Å². The van der Waals surface area contributed by atoms with Crippen LogP contribution in [0.3, 0.4) is 0 Å². The van der Waals surface area contributed by atoms with Gasteiger partial charge in [-0.15, -0.1) is 0 Å². The van der Waals surface area contributed by atoms with Crippen molar-refractivity contribution >= 4 is 28.9 Å². The lowest BCUT2D eigenvalue weighted by Gasteiger charge is -2.34. The molecule has 0 aromatic heterocycles. The van der Waals surface area contributed by atoms with Crippen molar-refractivity contribution < 1.29 is 19.2 Å². The van der Waals surface area contributed by atoms with Crippen LogP contribution in [0.1, 0.15) is 0 Å². The van der Waals surface area contributed by atoms with Gasteiger partial charge in [-0.1, -0.05) is 23.7 Å². The number of anilines is 2. The standard InChI is InChI=1S/C20H24ClN3O3/c1-26-18-8-7-15(21)13-16(18)22-20(25)14-23-9-11-24(12-10-23)17-5-3-4-6-19(17)27-2/h3-8,13H,9-12,14H2,1-2H3,(H,22,25)/p+1. The molecular formula is C20H25ClN3O3+. The number of ether oxygens (including phenoxy) is 2. The lowest BCUT2D eigenvalue weighted by atomic mass is 10.2. The summed E-state index contributed by atoms with van der Waals surface area (Å²) in [4.78, 5) is 16.0. The first-order valence-corrected chi connectivity index (χ1v) is 9.33. The van der Waals surface area contributed by atoms with Crippen LogP contribution in [0.5, 0.6) is 11.5 Å². The van der Waals surface area contributed by atoms with Gasteiger partial charge < -0.3 is 24.6 Å². The highest BCUT2D eigenvalue weighted by Crippen LogP contribution is 2.28. The van der Waals surface area contributed by atoms with E-state index in [0.29, 0.717) is 23.0 Å². The van der Waals surface area contributed by atoms with Crippen LogP contribution in [0.15, 0.2) is 42.5 Å². The molecular weight excluding hydrogens is 366 g/mol. The van der Waals surface area contributed by atoms with Gasteiger partial charge in [-0.05, 0) is 30.3 Å². The number of para-hydroxylation sites is 2. The highest BCUT2D eigenvalue weighted by atomic mass is 35.5. The summed E-state index contributed by atoms with van der Waals surface area (Å²) in [6, 6.07) is 13.2. The van der Waals surface area contributed by atoms with Gasteiger partial charge in [0.2, 0.25) is 0 Å². The van der Waals surface area contributed by atoms with E-state index in [0.717, 1.165) is 37.6 Å². The van der Waals surface area contributed by atoms with Gasteiger partial charge in [0.05, 0.1) is 51.8 Å². The lowest BCUT2D eigenvalue weighted by molar-refractivity contribution is -0.892. The molecule has 1 fully saturated rings. The van der Waals surface area contributed by atoms with Gasteiger partial charge in [-0.3, -0.25) is 4.79 Å². The Labute approximate surface area is 164 Å². The third-order valence-electron chi connectivity index (χ3n) is 4.74. The molecule has 27 heavy (non-hydrogen) atoms. The highest BCUT2D eigenvalue weighted by Gasteiger charge is 2.24. The zero-order valence-corrected chi connectivity index (χ0v) is 16.4. The molecule has 7 heteroatoms. The SMILES string of the molecule is COc1ccc(Cl)cc1NC(=O)C[NH+]1CCN(c2ccccc2OC)CC1. The zero-order valence-electron chi connectivity index (χ0n) is 15.6. The number of methoxy groups -OCH3 is 2. The van der Waals surface area contributed by atoms with Crippen LogP contribution in [0.4, 0.5) is 11.4 Å². The number of piperazine rings is 1. The number of rotatable bonds is 6. The first-order chi connectivity index (χ1) is 13.1. The summed E-state index contributed by atoms with van der Waals surface area (Å²) in [6.07, 6.45) is 0. The number of carbonyl (C=O) groups excluding carboxylic acids is 1. The minimum atomic E-state index is -0.0451. The third-order valence-corrected chi connectivity index (χ3v) is 4.98. The number of amides is 1. The molecule has 2 aromatic rings. The van der Waals surface area contributed by atoms with Crippen LogP contribution in [-0.4, -0.2) is 52.9 Å². The fourth-order valence-electron chi connectivity index (χ4n) is 3.33. The molecule has 1 heterocycles. The molecule has 0 saturated carbocycles. The quantitative estimate of drug-likeness (QED) is 0.788. The molecule has 1 saturated heterocycles. The summed E-state index contributed by atoms with van der Waals surface area (Å²) in [7, 11) is 3.26. The Kier molecular flexibility index (Phi) is 6.42. The van der Waals surface area contributed by atoms with Gasteiger partial charge in [-0.25, -0.2) is 0 Å². The van der Waals surface area contributed by atoms with E-state index in [2.05, 4.69) is 16.3 Å². The largest absolute Gasteiger partial charge is 0.495 e. The van der Waals surface area contributed by atoms with Gasteiger partial charge in [0.15, 0.2) is 6.54 Å². The molecule has 0 unspecified atom stereocenters. The van der Waals surface area contributed by atoms with Crippen molar-refractivity contribution in [2.75, 3.05) is 57.2 Å². The fraction of sp³-hybridized carbons (Fsp3) is 0.350. The monoisotopic (exact) mass is 390 g/mol. The van der Waals surface area contributed by atoms with E-state index in [1.165, 1.54) is 4.90 Å². The van der Waals surface area contributed by atoms with Crippen molar-refractivity contribution in [3.05, 3.63) is 47.5 Å². The van der Waals surface area contributed by atoms with E-state index in [1.807, 2.05) is 18.2 Å². The van der Waals surface area contributed by atoms with Crippen LogP contribution >= 0.6 is 11.6 Å². The Hall–Kier alpha value is -2.44. The van der Waals surface area contributed by atoms with E-state index in [1.54, 1.807) is 32.4 Å². The van der Waals surface area contributed by atoms with Gasteiger partial charge in [-0.2, -0.15) is 0 Å². The molecule has 0 bridgehead atoms. The van der Waals surface area contributed by atoms with Crippen LogP contribution in [0, 0.1) is 0 Å². The van der Waals surface area contributed by atoms with Gasteiger partial charge >= 0.3 is 0 Å². The first kappa shape index (κ1) is 19.3. The number of halogens is 1. The predicted octanol–water partition coefficient (Wildman–Crippen LogP) is 1.70. The van der Waals surface area contributed by atoms with E-state index >= 15 is 0 Å². The Bertz CT molecular complexity index is 792. The number of nitrogens with zero attached hydrogens (tertiary/aromatic N) is 1. The molecule has 0 aliphatic carbocycles. The minimum Gasteiger partial charge on any atom is -0.495 e. The molecule has 1 aliphatic rings. The van der Waals surface area contributed by atoms with Crippen molar-refractivity contribution in [1.82, 2.24) is 0 Å². The first-order valence-electron chi connectivity index (χ1n) is 8.95. The lowest BCUT2D eigenvalue weighted by Crippen LogP contribution is -3.15. The average molecular weight is 391 g/mol. The van der Waals surface area contributed by atoms with E-state index in [-0.39, 0.29) is 5.91 Å². The smallest absolute Gasteiger partial charge is 0.279 e. The normalized spacial score (nSPS) is 14.7. The van der Waals surface area contributed by atoms with Gasteiger partial charge in [0, 0.05) is 5.02 Å². The highest BCUT2D eigenvalue weighted by molar-refractivity contribution is 6.31. The molecule has 1 amide bonds. The van der Waals surface area contributed by atoms with Crippen LogP contribution in [0.25, 0.3) is 0 Å². The maximum Gasteiger partial charge on any atom is 0.279 e. The van der Waals surface area contributed by atoms with Crippen molar-refractivity contribution in [1.29, 1.82) is 0 Å². The average Bonchev–Trinajstić information content (AvgIpc) is 2.68. The van der Waals surface area contributed by atoms with E-state index in [4.69, 9.17) is 21.1 Å². The van der Waals surface area contributed by atoms with Crippen LogP contribution in [-0.2, 0) is 4.79 Å². The molecule has 3 rings (SSSR count). The Morgan fingerprint density at radius 1 is 1.11 bits per heavy atom. The number of nitrogens with one attached hydrogen (secondary N) is 2. The molecule has 2 N–H and O–H groups in total. The summed E-state index contributed by atoms with van der Waals surface area (Å²) >= 11 is 6.02. The van der Waals surface area contributed by atoms with Crippen molar-refractivity contribution in [2.45, 2.75) is 0 Å². The molecule has 0 spiro atoms. The maximum absolute atomic E-state index is 12.4. The fourth-order valence-corrected chi connectivity index (χ4v) is 3.50. The van der Waals surface area contributed by atoms with Crippen LogP contribution in [0.2, 0.25) is 5.02 Å². The topological polar surface area (TPSA) is 55.2 Å². The third kappa shape index (κ3) is 4.84. The maximum atomic E-state index is 12.4. The number of hydrogen-bond donors (Lipinski definition) is 2. The second kappa shape index (κ2) is 8.97. The molecule has 0 radical (unpaired) electrons. The summed E-state index contributed by atoms with van der Waals surface area (Å²) in [5.74, 6) is 1.44. The summed E-state index contributed by atoms with van der Waals surface area (Å²) in [5.41, 5.74) is 1.70. The van der Waals surface area contributed by atoms with E-state index in [9.17, 15) is 4.79 Å². The van der Waals surface area contributed by atoms with Crippen LogP contribution < -0.4 is 24.6 Å². The molecule has 0 atom stereocenters. The Morgan fingerprint density at radius 3 is 2.52 bits per heavy atom. The Morgan fingerprint density at radius 2 is 1.81 bits per heavy atom. The predicted molar refractivity (Wildman–Crippen MR) is 107 cm³/mol. The number of benzene rings is 2. The van der Waals surface area contributed by atoms with Gasteiger partial charge in [0.25, 0.3) is 5.91 Å². The summed E-state index contributed by atoms with van der Waals surface area (Å²) in [5, 5.41) is 3.47.